The van der Waals surface area contributed by atoms with Crippen LogP contribution in [-0.4, -0.2) is 32.1 Å². The molecule has 0 aliphatic carbocycles. The topological polar surface area (TPSA) is 39.1 Å². The van der Waals surface area contributed by atoms with Crippen molar-refractivity contribution in [3.8, 4) is 6.07 Å². The number of hydrogen-bond acceptors (Lipinski definition) is 3. The minimum Gasteiger partial charge on any atom is -0.306 e. The highest BCUT2D eigenvalue weighted by molar-refractivity contribution is 5.31. The third-order valence-electron chi connectivity index (χ3n) is 3.84. The second kappa shape index (κ2) is 8.04. The zero-order chi connectivity index (χ0) is 15.0. The van der Waals surface area contributed by atoms with Crippen LogP contribution in [0.3, 0.4) is 0 Å². The second-order valence-corrected chi connectivity index (χ2v) is 5.87. The molecular formula is C17H27N3. The molecule has 1 aromatic carbocycles. The van der Waals surface area contributed by atoms with Crippen molar-refractivity contribution in [2.75, 3.05) is 27.2 Å². The van der Waals surface area contributed by atoms with Crippen LogP contribution >= 0.6 is 0 Å². The van der Waals surface area contributed by atoms with Crippen LogP contribution < -0.4 is 5.32 Å². The van der Waals surface area contributed by atoms with Gasteiger partial charge in [-0.1, -0.05) is 44.2 Å². The molecule has 0 bridgehead atoms. The SMILES string of the molecule is CNC(C#N)(CCN(C)CCC(C)C)c1ccccc1. The molecule has 0 amide bonds. The molecule has 1 aromatic rings. The van der Waals surface area contributed by atoms with Crippen molar-refractivity contribution in [3.63, 3.8) is 0 Å². The lowest BCUT2D eigenvalue weighted by Gasteiger charge is -2.29. The van der Waals surface area contributed by atoms with E-state index in [1.54, 1.807) is 0 Å². The smallest absolute Gasteiger partial charge is 0.133 e. The van der Waals surface area contributed by atoms with Gasteiger partial charge in [0.2, 0.25) is 0 Å². The van der Waals surface area contributed by atoms with Gasteiger partial charge < -0.3 is 4.90 Å². The van der Waals surface area contributed by atoms with Crippen LogP contribution in [0.5, 0.6) is 0 Å². The first-order valence-corrected chi connectivity index (χ1v) is 7.38. The van der Waals surface area contributed by atoms with Crippen LogP contribution in [0.15, 0.2) is 30.3 Å². The Morgan fingerprint density at radius 1 is 1.25 bits per heavy atom. The van der Waals surface area contributed by atoms with Crippen LogP contribution in [0.1, 0.15) is 32.3 Å². The summed E-state index contributed by atoms with van der Waals surface area (Å²) in [6, 6.07) is 12.5. The highest BCUT2D eigenvalue weighted by Gasteiger charge is 2.30. The maximum Gasteiger partial charge on any atom is 0.133 e. The summed E-state index contributed by atoms with van der Waals surface area (Å²) >= 11 is 0. The molecule has 0 aromatic heterocycles. The molecule has 0 aliphatic heterocycles. The van der Waals surface area contributed by atoms with Crippen molar-refractivity contribution in [1.82, 2.24) is 10.2 Å². The molecule has 0 spiro atoms. The Kier molecular flexibility index (Phi) is 6.70. The minimum absolute atomic E-state index is 0.590. The number of nitrogens with zero attached hydrogens (tertiary/aromatic N) is 2. The summed E-state index contributed by atoms with van der Waals surface area (Å²) < 4.78 is 0. The number of rotatable bonds is 8. The maximum absolute atomic E-state index is 9.63. The molecule has 0 heterocycles. The van der Waals surface area contributed by atoms with Crippen molar-refractivity contribution in [2.24, 2.45) is 5.92 Å². The number of hydrogen-bond donors (Lipinski definition) is 1. The van der Waals surface area contributed by atoms with Gasteiger partial charge in [-0.25, -0.2) is 0 Å². The first-order chi connectivity index (χ1) is 9.54. The van der Waals surface area contributed by atoms with Crippen LogP contribution in [0.2, 0.25) is 0 Å². The highest BCUT2D eigenvalue weighted by atomic mass is 15.1. The molecule has 0 aliphatic rings. The summed E-state index contributed by atoms with van der Waals surface area (Å²) in [5.41, 5.74) is 0.454. The Bertz CT molecular complexity index is 422. The summed E-state index contributed by atoms with van der Waals surface area (Å²) in [5, 5.41) is 12.8. The monoisotopic (exact) mass is 273 g/mol. The van der Waals surface area contributed by atoms with Gasteiger partial charge in [0.15, 0.2) is 0 Å². The highest BCUT2D eigenvalue weighted by Crippen LogP contribution is 2.24. The fourth-order valence-corrected chi connectivity index (χ4v) is 2.26. The largest absolute Gasteiger partial charge is 0.306 e. The first-order valence-electron chi connectivity index (χ1n) is 7.38. The third kappa shape index (κ3) is 4.63. The number of nitriles is 1. The summed E-state index contributed by atoms with van der Waals surface area (Å²) in [7, 11) is 4.00. The van der Waals surface area contributed by atoms with Gasteiger partial charge in [-0.2, -0.15) is 5.26 Å². The van der Waals surface area contributed by atoms with E-state index in [-0.39, 0.29) is 0 Å². The van der Waals surface area contributed by atoms with E-state index in [2.05, 4.69) is 37.2 Å². The molecule has 110 valence electrons. The van der Waals surface area contributed by atoms with Crippen molar-refractivity contribution >= 4 is 0 Å². The lowest BCUT2D eigenvalue weighted by Crippen LogP contribution is -2.41. The predicted octanol–water partition coefficient (Wildman–Crippen LogP) is 2.99. The lowest BCUT2D eigenvalue weighted by molar-refractivity contribution is 0.273. The van der Waals surface area contributed by atoms with Gasteiger partial charge in [-0.15, -0.1) is 0 Å². The average Bonchev–Trinajstić information content (AvgIpc) is 2.48. The van der Waals surface area contributed by atoms with Gasteiger partial charge in [0.25, 0.3) is 0 Å². The molecule has 0 radical (unpaired) electrons. The van der Waals surface area contributed by atoms with Gasteiger partial charge in [0.05, 0.1) is 6.07 Å². The molecule has 3 heteroatoms. The Balaban J connectivity index is 2.67. The molecule has 3 nitrogen and oxygen atoms in total. The Morgan fingerprint density at radius 2 is 1.90 bits per heavy atom. The Morgan fingerprint density at radius 3 is 2.40 bits per heavy atom. The summed E-state index contributed by atoms with van der Waals surface area (Å²) in [5.74, 6) is 0.719. The van der Waals surface area contributed by atoms with E-state index >= 15 is 0 Å². The maximum atomic E-state index is 9.63. The standard InChI is InChI=1S/C17H27N3/c1-15(2)10-12-20(4)13-11-17(14-18,19-3)16-8-6-5-7-9-16/h5-9,15,19H,10-13H2,1-4H3. The Labute approximate surface area is 123 Å². The van der Waals surface area contributed by atoms with Crippen LogP contribution in [0.25, 0.3) is 0 Å². The fraction of sp³-hybridized carbons (Fsp3) is 0.588. The average molecular weight is 273 g/mol. The van der Waals surface area contributed by atoms with Gasteiger partial charge >= 0.3 is 0 Å². The van der Waals surface area contributed by atoms with Crippen molar-refractivity contribution in [3.05, 3.63) is 35.9 Å². The number of benzene rings is 1. The molecule has 0 saturated carbocycles. The molecule has 0 fully saturated rings. The molecule has 1 atom stereocenters. The first kappa shape index (κ1) is 16.7. The van der Waals surface area contributed by atoms with Crippen molar-refractivity contribution < 1.29 is 0 Å². The van der Waals surface area contributed by atoms with Gasteiger partial charge in [-0.3, -0.25) is 5.32 Å². The third-order valence-corrected chi connectivity index (χ3v) is 3.84. The van der Waals surface area contributed by atoms with Crippen LogP contribution in [0, 0.1) is 17.2 Å². The van der Waals surface area contributed by atoms with Gasteiger partial charge in [0, 0.05) is 6.54 Å². The summed E-state index contributed by atoms with van der Waals surface area (Å²) in [4.78, 5) is 2.31. The lowest BCUT2D eigenvalue weighted by atomic mass is 9.88. The van der Waals surface area contributed by atoms with E-state index in [1.807, 2.05) is 37.4 Å². The molecule has 1 unspecified atom stereocenters. The zero-order valence-corrected chi connectivity index (χ0v) is 13.2. The van der Waals surface area contributed by atoms with E-state index in [4.69, 9.17) is 0 Å². The molecule has 1 N–H and O–H groups in total. The van der Waals surface area contributed by atoms with E-state index in [0.717, 1.165) is 31.0 Å². The molecule has 20 heavy (non-hydrogen) atoms. The molecule has 0 saturated heterocycles. The van der Waals surface area contributed by atoms with Crippen molar-refractivity contribution in [1.29, 1.82) is 5.26 Å². The molecular weight excluding hydrogens is 246 g/mol. The van der Waals surface area contributed by atoms with Crippen LogP contribution in [-0.2, 0) is 5.54 Å². The van der Waals surface area contributed by atoms with E-state index in [0.29, 0.717) is 0 Å². The zero-order valence-electron chi connectivity index (χ0n) is 13.2. The van der Waals surface area contributed by atoms with E-state index < -0.39 is 5.54 Å². The summed E-state index contributed by atoms with van der Waals surface area (Å²) in [6.45, 7) is 6.48. The van der Waals surface area contributed by atoms with Crippen molar-refractivity contribution in [2.45, 2.75) is 32.2 Å². The number of nitrogens with one attached hydrogen (secondary N) is 1. The van der Waals surface area contributed by atoms with Gasteiger partial charge in [0.1, 0.15) is 5.54 Å². The van der Waals surface area contributed by atoms with Crippen LogP contribution in [0.4, 0.5) is 0 Å². The fourth-order valence-electron chi connectivity index (χ4n) is 2.26. The van der Waals surface area contributed by atoms with Gasteiger partial charge in [-0.05, 0) is 45.0 Å². The Hall–Kier alpha value is -1.37. The molecule has 1 rings (SSSR count). The summed E-state index contributed by atoms with van der Waals surface area (Å²) in [6.07, 6.45) is 1.99. The van der Waals surface area contributed by atoms with E-state index in [9.17, 15) is 5.26 Å². The second-order valence-electron chi connectivity index (χ2n) is 5.87. The normalized spacial score (nSPS) is 14.2. The minimum atomic E-state index is -0.590. The van der Waals surface area contributed by atoms with E-state index in [1.165, 1.54) is 6.42 Å². The predicted molar refractivity (Wildman–Crippen MR) is 84.4 cm³/mol. The quantitative estimate of drug-likeness (QED) is 0.791.